The van der Waals surface area contributed by atoms with Gasteiger partial charge in [0.05, 0.1) is 16.1 Å². The van der Waals surface area contributed by atoms with Gasteiger partial charge in [-0.15, -0.1) is 11.3 Å². The Bertz CT molecular complexity index is 479. The van der Waals surface area contributed by atoms with E-state index in [4.69, 9.17) is 9.47 Å². The summed E-state index contributed by atoms with van der Waals surface area (Å²) in [6, 6.07) is 0. The molecule has 1 N–H and O–H groups in total. The molecular formula is C12H16BrNO4S. The van der Waals surface area contributed by atoms with E-state index in [0.29, 0.717) is 15.0 Å². The van der Waals surface area contributed by atoms with E-state index in [-0.39, 0.29) is 6.61 Å². The summed E-state index contributed by atoms with van der Waals surface area (Å²) in [4.78, 5) is 23.5. The highest BCUT2D eigenvalue weighted by atomic mass is 79.9. The first-order chi connectivity index (χ1) is 8.74. The van der Waals surface area contributed by atoms with Crippen molar-refractivity contribution in [3.05, 3.63) is 14.7 Å². The SMILES string of the molecule is CCOC(=O)c1c(NC(=O)OC(C)(C)C)csc1Br. The van der Waals surface area contributed by atoms with Crippen molar-refractivity contribution in [3.8, 4) is 0 Å². The van der Waals surface area contributed by atoms with Gasteiger partial charge in [0.15, 0.2) is 0 Å². The largest absolute Gasteiger partial charge is 0.462 e. The van der Waals surface area contributed by atoms with Crippen LogP contribution in [0.3, 0.4) is 0 Å². The fourth-order valence-electron chi connectivity index (χ4n) is 1.23. The van der Waals surface area contributed by atoms with E-state index in [1.807, 2.05) is 0 Å². The van der Waals surface area contributed by atoms with Crippen LogP contribution in [0, 0.1) is 0 Å². The Morgan fingerprint density at radius 1 is 1.42 bits per heavy atom. The molecule has 7 heteroatoms. The lowest BCUT2D eigenvalue weighted by Crippen LogP contribution is -2.27. The zero-order valence-corrected chi connectivity index (χ0v) is 13.6. The van der Waals surface area contributed by atoms with Gasteiger partial charge in [0.2, 0.25) is 0 Å². The normalized spacial score (nSPS) is 11.0. The Hall–Kier alpha value is -1.08. The van der Waals surface area contributed by atoms with E-state index < -0.39 is 17.7 Å². The molecule has 5 nitrogen and oxygen atoms in total. The second-order valence-electron chi connectivity index (χ2n) is 4.65. The standard InChI is InChI=1S/C12H16BrNO4S/c1-5-17-10(15)8-7(6-19-9(8)13)14-11(16)18-12(2,3)4/h6H,5H2,1-4H3,(H,14,16). The first kappa shape index (κ1) is 16.0. The lowest BCUT2D eigenvalue weighted by atomic mass is 10.2. The monoisotopic (exact) mass is 349 g/mol. The third-order valence-corrected chi connectivity index (χ3v) is 3.58. The minimum Gasteiger partial charge on any atom is -0.462 e. The molecule has 106 valence electrons. The molecule has 1 aromatic heterocycles. The van der Waals surface area contributed by atoms with Crippen molar-refractivity contribution >= 4 is 45.0 Å². The van der Waals surface area contributed by atoms with E-state index in [1.54, 1.807) is 33.1 Å². The average molecular weight is 350 g/mol. The highest BCUT2D eigenvalue weighted by Crippen LogP contribution is 2.33. The molecule has 0 aromatic carbocycles. The predicted molar refractivity (Wildman–Crippen MR) is 77.8 cm³/mol. The molecule has 0 aliphatic rings. The summed E-state index contributed by atoms with van der Waals surface area (Å²) in [6.07, 6.45) is -0.608. The predicted octanol–water partition coefficient (Wildman–Crippen LogP) is 4.03. The van der Waals surface area contributed by atoms with E-state index in [9.17, 15) is 9.59 Å². The van der Waals surface area contributed by atoms with Crippen molar-refractivity contribution in [2.75, 3.05) is 11.9 Å². The molecule has 19 heavy (non-hydrogen) atoms. The van der Waals surface area contributed by atoms with Crippen LogP contribution in [-0.2, 0) is 9.47 Å². The molecular weight excluding hydrogens is 334 g/mol. The number of nitrogens with one attached hydrogen (secondary N) is 1. The third kappa shape index (κ3) is 4.83. The first-order valence-electron chi connectivity index (χ1n) is 5.68. The molecule has 0 radical (unpaired) electrons. The fraction of sp³-hybridized carbons (Fsp3) is 0.500. The lowest BCUT2D eigenvalue weighted by Gasteiger charge is -2.19. The molecule has 1 rings (SSSR count). The second kappa shape index (κ2) is 6.38. The summed E-state index contributed by atoms with van der Waals surface area (Å²) in [6.45, 7) is 7.29. The molecule has 0 unspecified atom stereocenters. The molecule has 0 saturated heterocycles. The van der Waals surface area contributed by atoms with Gasteiger partial charge in [0.1, 0.15) is 11.2 Å². The molecule has 0 aliphatic heterocycles. The van der Waals surface area contributed by atoms with Crippen molar-refractivity contribution in [3.63, 3.8) is 0 Å². The zero-order chi connectivity index (χ0) is 14.6. The quantitative estimate of drug-likeness (QED) is 0.836. The van der Waals surface area contributed by atoms with E-state index in [0.717, 1.165) is 0 Å². The van der Waals surface area contributed by atoms with Crippen molar-refractivity contribution < 1.29 is 19.1 Å². The Morgan fingerprint density at radius 3 is 2.58 bits per heavy atom. The van der Waals surface area contributed by atoms with Gasteiger partial charge in [-0.1, -0.05) is 0 Å². The molecule has 0 bridgehead atoms. The molecule has 0 aliphatic carbocycles. The Kier molecular flexibility index (Phi) is 5.37. The van der Waals surface area contributed by atoms with Crippen LogP contribution >= 0.6 is 27.3 Å². The van der Waals surface area contributed by atoms with Crippen LogP contribution in [0.25, 0.3) is 0 Å². The van der Waals surface area contributed by atoms with Gasteiger partial charge in [-0.25, -0.2) is 9.59 Å². The number of rotatable bonds is 3. The summed E-state index contributed by atoms with van der Waals surface area (Å²) < 4.78 is 10.7. The minimum absolute atomic E-state index is 0.271. The smallest absolute Gasteiger partial charge is 0.412 e. The zero-order valence-electron chi connectivity index (χ0n) is 11.2. The van der Waals surface area contributed by atoms with Crippen LogP contribution in [0.5, 0.6) is 0 Å². The van der Waals surface area contributed by atoms with Gasteiger partial charge >= 0.3 is 12.1 Å². The number of esters is 1. The van der Waals surface area contributed by atoms with E-state index >= 15 is 0 Å². The van der Waals surface area contributed by atoms with E-state index in [2.05, 4.69) is 21.2 Å². The molecule has 0 spiro atoms. The van der Waals surface area contributed by atoms with Gasteiger partial charge in [-0.3, -0.25) is 5.32 Å². The van der Waals surface area contributed by atoms with Crippen molar-refractivity contribution in [2.24, 2.45) is 0 Å². The molecule has 0 saturated carbocycles. The second-order valence-corrected chi connectivity index (χ2v) is 6.84. The van der Waals surface area contributed by atoms with Crippen molar-refractivity contribution in [2.45, 2.75) is 33.3 Å². The van der Waals surface area contributed by atoms with Crippen LogP contribution < -0.4 is 5.32 Å². The van der Waals surface area contributed by atoms with Crippen LogP contribution in [0.4, 0.5) is 10.5 Å². The van der Waals surface area contributed by atoms with Crippen LogP contribution in [0.15, 0.2) is 9.17 Å². The summed E-state index contributed by atoms with van der Waals surface area (Å²) in [5, 5.41) is 4.20. The number of carbonyl (C=O) groups is 2. The number of thiophene rings is 1. The summed E-state index contributed by atoms with van der Waals surface area (Å²) in [7, 11) is 0. The summed E-state index contributed by atoms with van der Waals surface area (Å²) >= 11 is 4.56. The maximum absolute atomic E-state index is 11.8. The van der Waals surface area contributed by atoms with Gasteiger partial charge in [-0.2, -0.15) is 0 Å². The highest BCUT2D eigenvalue weighted by molar-refractivity contribution is 9.11. The topological polar surface area (TPSA) is 64.6 Å². The molecule has 1 amide bonds. The van der Waals surface area contributed by atoms with Crippen LogP contribution in [-0.4, -0.2) is 24.3 Å². The minimum atomic E-state index is -0.608. The number of carbonyl (C=O) groups excluding carboxylic acids is 2. The van der Waals surface area contributed by atoms with E-state index in [1.165, 1.54) is 11.3 Å². The third-order valence-electron chi connectivity index (χ3n) is 1.86. The first-order valence-corrected chi connectivity index (χ1v) is 7.36. The number of hydrogen-bond donors (Lipinski definition) is 1. The van der Waals surface area contributed by atoms with Gasteiger partial charge in [-0.05, 0) is 43.6 Å². The van der Waals surface area contributed by atoms with Crippen molar-refractivity contribution in [1.29, 1.82) is 0 Å². The van der Waals surface area contributed by atoms with Crippen LogP contribution in [0.1, 0.15) is 38.1 Å². The summed E-state index contributed by atoms with van der Waals surface area (Å²) in [5.74, 6) is -0.485. The Morgan fingerprint density at radius 2 is 2.05 bits per heavy atom. The number of hydrogen-bond acceptors (Lipinski definition) is 5. The molecule has 0 fully saturated rings. The molecule has 0 atom stereocenters. The Balaban J connectivity index is 2.85. The lowest BCUT2D eigenvalue weighted by molar-refractivity contribution is 0.0527. The van der Waals surface area contributed by atoms with Crippen LogP contribution in [0.2, 0.25) is 0 Å². The highest BCUT2D eigenvalue weighted by Gasteiger charge is 2.22. The summed E-state index contributed by atoms with van der Waals surface area (Å²) in [5.41, 5.74) is 0.0869. The van der Waals surface area contributed by atoms with Gasteiger partial charge in [0.25, 0.3) is 0 Å². The number of halogens is 1. The van der Waals surface area contributed by atoms with Gasteiger partial charge in [0, 0.05) is 5.38 Å². The maximum Gasteiger partial charge on any atom is 0.412 e. The molecule has 1 heterocycles. The number of anilines is 1. The molecule has 1 aromatic rings. The fourth-order valence-corrected chi connectivity index (χ4v) is 2.60. The van der Waals surface area contributed by atoms with Gasteiger partial charge < -0.3 is 9.47 Å². The van der Waals surface area contributed by atoms with Crippen molar-refractivity contribution in [1.82, 2.24) is 0 Å². The number of amides is 1. The maximum atomic E-state index is 11.8. The average Bonchev–Trinajstić information content (AvgIpc) is 2.57. The number of ether oxygens (including phenoxy) is 2. The Labute approximate surface area is 124 Å².